The van der Waals surface area contributed by atoms with E-state index in [1.54, 1.807) is 0 Å². The van der Waals surface area contributed by atoms with Gasteiger partial charge in [0.25, 0.3) is 0 Å². The quantitative estimate of drug-likeness (QED) is 0.325. The molecule has 2 rings (SSSR count). The molecule has 2 fully saturated rings. The standard InChI is InChI=1S/C14H27N3OS.HI/c1-15-13(16-7-3-4-10-19-2)17-8-5-14(11-17)6-9-18-12-14;/h3-12H2,1-2H3,(H,15,16);1H. The smallest absolute Gasteiger partial charge is 0.193 e. The van der Waals surface area contributed by atoms with E-state index in [1.807, 2.05) is 18.8 Å². The van der Waals surface area contributed by atoms with Crippen LogP contribution in [-0.2, 0) is 4.74 Å². The fraction of sp³-hybridized carbons (Fsp3) is 0.929. The summed E-state index contributed by atoms with van der Waals surface area (Å²) in [5.41, 5.74) is 0.413. The van der Waals surface area contributed by atoms with Crippen molar-refractivity contribution >= 4 is 41.7 Å². The predicted molar refractivity (Wildman–Crippen MR) is 98.5 cm³/mol. The van der Waals surface area contributed by atoms with Crippen LogP contribution in [0.2, 0.25) is 0 Å². The van der Waals surface area contributed by atoms with Gasteiger partial charge >= 0.3 is 0 Å². The first-order valence-corrected chi connectivity index (χ1v) is 8.71. The Bertz CT molecular complexity index is 309. The van der Waals surface area contributed by atoms with Gasteiger partial charge in [0, 0.05) is 38.7 Å². The van der Waals surface area contributed by atoms with Crippen molar-refractivity contribution in [2.45, 2.75) is 25.7 Å². The van der Waals surface area contributed by atoms with Crippen LogP contribution in [0.15, 0.2) is 4.99 Å². The van der Waals surface area contributed by atoms with Crippen molar-refractivity contribution in [3.8, 4) is 0 Å². The lowest BCUT2D eigenvalue weighted by Crippen LogP contribution is -2.41. The molecule has 1 unspecified atom stereocenters. The molecule has 1 atom stereocenters. The van der Waals surface area contributed by atoms with Gasteiger partial charge in [-0.1, -0.05) is 0 Å². The number of guanidine groups is 1. The molecule has 1 spiro atoms. The molecule has 1 N–H and O–H groups in total. The van der Waals surface area contributed by atoms with Crippen molar-refractivity contribution < 1.29 is 4.74 Å². The van der Waals surface area contributed by atoms with E-state index in [0.29, 0.717) is 5.41 Å². The molecule has 2 saturated heterocycles. The first-order chi connectivity index (χ1) is 9.29. The van der Waals surface area contributed by atoms with E-state index in [1.165, 1.54) is 31.4 Å². The molecule has 20 heavy (non-hydrogen) atoms. The summed E-state index contributed by atoms with van der Waals surface area (Å²) >= 11 is 1.92. The van der Waals surface area contributed by atoms with Gasteiger partial charge in [0.15, 0.2) is 5.96 Å². The zero-order valence-electron chi connectivity index (χ0n) is 12.7. The number of nitrogens with one attached hydrogen (secondary N) is 1. The number of nitrogens with zero attached hydrogens (tertiary/aromatic N) is 2. The number of likely N-dealkylation sites (tertiary alicyclic amines) is 1. The average molecular weight is 413 g/mol. The maximum Gasteiger partial charge on any atom is 0.193 e. The summed E-state index contributed by atoms with van der Waals surface area (Å²) in [7, 11) is 1.89. The van der Waals surface area contributed by atoms with Crippen LogP contribution >= 0.6 is 35.7 Å². The summed E-state index contributed by atoms with van der Waals surface area (Å²) in [6.45, 7) is 5.14. The molecular formula is C14H28IN3OS. The third-order valence-electron chi connectivity index (χ3n) is 4.19. The third kappa shape index (κ3) is 4.94. The largest absolute Gasteiger partial charge is 0.381 e. The van der Waals surface area contributed by atoms with Gasteiger partial charge in [0.1, 0.15) is 0 Å². The fourth-order valence-corrected chi connectivity index (χ4v) is 3.48. The van der Waals surface area contributed by atoms with Gasteiger partial charge in [-0.3, -0.25) is 4.99 Å². The summed E-state index contributed by atoms with van der Waals surface area (Å²) < 4.78 is 5.58. The molecule has 2 heterocycles. The molecule has 4 nitrogen and oxygen atoms in total. The summed E-state index contributed by atoms with van der Waals surface area (Å²) in [5, 5.41) is 3.50. The van der Waals surface area contributed by atoms with Crippen molar-refractivity contribution in [1.82, 2.24) is 10.2 Å². The molecule has 0 aromatic heterocycles. The van der Waals surface area contributed by atoms with Gasteiger partial charge in [0.2, 0.25) is 0 Å². The number of hydrogen-bond acceptors (Lipinski definition) is 3. The number of unbranched alkanes of at least 4 members (excludes halogenated alkanes) is 1. The van der Waals surface area contributed by atoms with Crippen LogP contribution < -0.4 is 5.32 Å². The molecule has 118 valence electrons. The molecule has 0 bridgehead atoms. The first kappa shape index (κ1) is 18.4. The second-order valence-corrected chi connectivity index (χ2v) is 6.63. The maximum atomic E-state index is 5.58. The number of halogens is 1. The van der Waals surface area contributed by atoms with Crippen LogP contribution in [0.5, 0.6) is 0 Å². The van der Waals surface area contributed by atoms with E-state index in [-0.39, 0.29) is 24.0 Å². The zero-order chi connectivity index (χ0) is 13.6. The van der Waals surface area contributed by atoms with Crippen LogP contribution in [0.25, 0.3) is 0 Å². The van der Waals surface area contributed by atoms with Crippen molar-refractivity contribution in [1.29, 1.82) is 0 Å². The van der Waals surface area contributed by atoms with E-state index in [4.69, 9.17) is 4.74 Å². The SMILES string of the molecule is CN=C(NCCCCSC)N1CCC2(CCOC2)C1.I. The van der Waals surface area contributed by atoms with Crippen LogP contribution in [0.4, 0.5) is 0 Å². The topological polar surface area (TPSA) is 36.9 Å². The van der Waals surface area contributed by atoms with Gasteiger partial charge in [0.05, 0.1) is 6.61 Å². The molecule has 0 aliphatic carbocycles. The Kier molecular flexibility index (Phi) is 8.59. The zero-order valence-corrected chi connectivity index (χ0v) is 15.8. The lowest BCUT2D eigenvalue weighted by molar-refractivity contribution is 0.156. The monoisotopic (exact) mass is 413 g/mol. The van der Waals surface area contributed by atoms with E-state index in [2.05, 4.69) is 21.5 Å². The first-order valence-electron chi connectivity index (χ1n) is 7.32. The normalized spacial score (nSPS) is 26.1. The number of thioether (sulfide) groups is 1. The Balaban J connectivity index is 0.00000200. The van der Waals surface area contributed by atoms with Gasteiger partial charge in [-0.15, -0.1) is 24.0 Å². The summed E-state index contributed by atoms with van der Waals surface area (Å²) in [6, 6.07) is 0. The van der Waals surface area contributed by atoms with Gasteiger partial charge in [-0.05, 0) is 37.7 Å². The third-order valence-corrected chi connectivity index (χ3v) is 4.89. The van der Waals surface area contributed by atoms with Gasteiger partial charge < -0.3 is 15.0 Å². The van der Waals surface area contributed by atoms with Gasteiger partial charge in [-0.25, -0.2) is 0 Å². The summed E-state index contributed by atoms with van der Waals surface area (Å²) in [4.78, 5) is 6.83. The Morgan fingerprint density at radius 1 is 1.40 bits per heavy atom. The Hall–Kier alpha value is 0.310. The van der Waals surface area contributed by atoms with E-state index in [9.17, 15) is 0 Å². The number of hydrogen-bond donors (Lipinski definition) is 1. The molecule has 2 aliphatic rings. The highest BCUT2D eigenvalue weighted by Gasteiger charge is 2.42. The van der Waals surface area contributed by atoms with Crippen LogP contribution in [-0.4, -0.2) is 62.8 Å². The van der Waals surface area contributed by atoms with E-state index >= 15 is 0 Å². The van der Waals surface area contributed by atoms with Crippen molar-refractivity contribution in [3.05, 3.63) is 0 Å². The van der Waals surface area contributed by atoms with E-state index in [0.717, 1.165) is 38.8 Å². The highest BCUT2D eigenvalue weighted by Crippen LogP contribution is 2.38. The second kappa shape index (κ2) is 9.35. The Labute approximate surface area is 144 Å². The fourth-order valence-electron chi connectivity index (χ4n) is 2.99. The van der Waals surface area contributed by atoms with Crippen molar-refractivity contribution in [3.63, 3.8) is 0 Å². The minimum Gasteiger partial charge on any atom is -0.381 e. The number of ether oxygens (including phenoxy) is 1. The molecule has 0 radical (unpaired) electrons. The average Bonchev–Trinajstić information content (AvgIpc) is 3.05. The highest BCUT2D eigenvalue weighted by atomic mass is 127. The Morgan fingerprint density at radius 3 is 2.90 bits per heavy atom. The minimum absolute atomic E-state index is 0. The lowest BCUT2D eigenvalue weighted by atomic mass is 9.87. The Morgan fingerprint density at radius 2 is 2.25 bits per heavy atom. The lowest BCUT2D eigenvalue weighted by Gasteiger charge is -2.24. The molecule has 0 aromatic carbocycles. The predicted octanol–water partition coefficient (Wildman–Crippen LogP) is 2.44. The van der Waals surface area contributed by atoms with Crippen LogP contribution in [0, 0.1) is 5.41 Å². The van der Waals surface area contributed by atoms with E-state index < -0.39 is 0 Å². The van der Waals surface area contributed by atoms with Crippen molar-refractivity contribution in [2.24, 2.45) is 10.4 Å². The molecular weight excluding hydrogens is 385 g/mol. The van der Waals surface area contributed by atoms with Crippen LogP contribution in [0.3, 0.4) is 0 Å². The van der Waals surface area contributed by atoms with Crippen molar-refractivity contribution in [2.75, 3.05) is 51.9 Å². The molecule has 0 aromatic rings. The second-order valence-electron chi connectivity index (χ2n) is 5.65. The number of aliphatic imine (C=N–C) groups is 1. The van der Waals surface area contributed by atoms with Gasteiger partial charge in [-0.2, -0.15) is 11.8 Å². The maximum absolute atomic E-state index is 5.58. The number of rotatable bonds is 5. The molecule has 0 saturated carbocycles. The highest BCUT2D eigenvalue weighted by molar-refractivity contribution is 14.0. The molecule has 2 aliphatic heterocycles. The summed E-state index contributed by atoms with van der Waals surface area (Å²) in [5.74, 6) is 2.33. The molecule has 6 heteroatoms. The minimum atomic E-state index is 0. The summed E-state index contributed by atoms with van der Waals surface area (Å²) in [6.07, 6.45) is 7.14. The molecule has 0 amide bonds. The van der Waals surface area contributed by atoms with Crippen LogP contribution in [0.1, 0.15) is 25.7 Å².